The molecule has 2 amide bonds. The monoisotopic (exact) mass is 410 g/mol. The lowest BCUT2D eigenvalue weighted by Crippen LogP contribution is -2.44. The Morgan fingerprint density at radius 1 is 1.18 bits per heavy atom. The summed E-state index contributed by atoms with van der Waals surface area (Å²) in [5, 5.41) is 7.62. The molecule has 0 atom stereocenters. The first-order valence-corrected chi connectivity index (χ1v) is 9.87. The molecular weight excluding hydrogens is 384 g/mol. The van der Waals surface area contributed by atoms with Crippen LogP contribution in [0.5, 0.6) is 0 Å². The molecule has 0 bridgehead atoms. The SMILES string of the molecule is CCOC(=O)CCCCC(=O)N1CCCN1C(=O)C=Cc1c(C)nn(C)c1Cl. The van der Waals surface area contributed by atoms with Gasteiger partial charge in [-0.2, -0.15) is 5.10 Å². The molecule has 2 heterocycles. The van der Waals surface area contributed by atoms with E-state index in [4.69, 9.17) is 16.3 Å². The van der Waals surface area contributed by atoms with E-state index >= 15 is 0 Å². The first-order valence-electron chi connectivity index (χ1n) is 9.49. The first-order chi connectivity index (χ1) is 13.3. The second-order valence-corrected chi connectivity index (χ2v) is 6.95. The fourth-order valence-electron chi connectivity index (χ4n) is 3.08. The van der Waals surface area contributed by atoms with E-state index in [2.05, 4.69) is 5.10 Å². The van der Waals surface area contributed by atoms with Gasteiger partial charge in [0.1, 0.15) is 5.15 Å². The lowest BCUT2D eigenvalue weighted by atomic mass is 10.2. The number of hydrogen-bond acceptors (Lipinski definition) is 5. The topological polar surface area (TPSA) is 84.7 Å². The average molecular weight is 411 g/mol. The predicted molar refractivity (Wildman–Crippen MR) is 105 cm³/mol. The molecule has 1 aromatic heterocycles. The van der Waals surface area contributed by atoms with E-state index in [1.807, 2.05) is 6.92 Å². The van der Waals surface area contributed by atoms with Gasteiger partial charge in [-0.1, -0.05) is 11.6 Å². The summed E-state index contributed by atoms with van der Waals surface area (Å²) in [5.74, 6) is -0.627. The van der Waals surface area contributed by atoms with Gasteiger partial charge in [0.2, 0.25) is 5.91 Å². The van der Waals surface area contributed by atoms with Crippen molar-refractivity contribution in [2.45, 2.75) is 46.0 Å². The van der Waals surface area contributed by atoms with Gasteiger partial charge in [0, 0.05) is 44.6 Å². The van der Waals surface area contributed by atoms with Gasteiger partial charge < -0.3 is 4.74 Å². The molecule has 8 nitrogen and oxygen atoms in total. The van der Waals surface area contributed by atoms with Gasteiger partial charge in [-0.3, -0.25) is 24.1 Å². The summed E-state index contributed by atoms with van der Waals surface area (Å²) >= 11 is 6.18. The maximum atomic E-state index is 12.6. The van der Waals surface area contributed by atoms with Crippen molar-refractivity contribution < 1.29 is 19.1 Å². The Hall–Kier alpha value is -2.35. The maximum Gasteiger partial charge on any atom is 0.305 e. The molecule has 0 aromatic carbocycles. The van der Waals surface area contributed by atoms with Crippen LogP contribution in [0.15, 0.2) is 6.08 Å². The zero-order chi connectivity index (χ0) is 20.7. The van der Waals surface area contributed by atoms with Crippen LogP contribution in [0, 0.1) is 6.92 Å². The fraction of sp³-hybridized carbons (Fsp3) is 0.579. The second kappa shape index (κ2) is 10.3. The normalized spacial score (nSPS) is 14.1. The van der Waals surface area contributed by atoms with Crippen LogP contribution in [-0.2, 0) is 26.2 Å². The smallest absolute Gasteiger partial charge is 0.305 e. The van der Waals surface area contributed by atoms with Crippen molar-refractivity contribution in [1.82, 2.24) is 19.8 Å². The van der Waals surface area contributed by atoms with Crippen LogP contribution in [0.2, 0.25) is 5.15 Å². The van der Waals surface area contributed by atoms with Crippen LogP contribution < -0.4 is 0 Å². The maximum absolute atomic E-state index is 12.6. The van der Waals surface area contributed by atoms with Crippen molar-refractivity contribution in [3.63, 3.8) is 0 Å². The molecule has 0 spiro atoms. The number of halogens is 1. The van der Waals surface area contributed by atoms with Gasteiger partial charge in [0.25, 0.3) is 5.91 Å². The average Bonchev–Trinajstić information content (AvgIpc) is 3.23. The molecule has 0 unspecified atom stereocenters. The Bertz CT molecular complexity index is 759. The highest BCUT2D eigenvalue weighted by molar-refractivity contribution is 6.31. The Kier molecular flexibility index (Phi) is 8.04. The van der Waals surface area contributed by atoms with Crippen molar-refractivity contribution in [2.24, 2.45) is 7.05 Å². The number of amides is 2. The number of unbranched alkanes of at least 4 members (excludes halogenated alkanes) is 1. The molecule has 2 rings (SSSR count). The molecule has 9 heteroatoms. The number of aromatic nitrogens is 2. The number of hydrogen-bond donors (Lipinski definition) is 0. The highest BCUT2D eigenvalue weighted by Crippen LogP contribution is 2.21. The molecular formula is C19H27ClN4O4. The molecule has 0 N–H and O–H groups in total. The van der Waals surface area contributed by atoms with Crippen LogP contribution in [-0.4, -0.2) is 57.3 Å². The number of rotatable bonds is 8. The van der Waals surface area contributed by atoms with Crippen molar-refractivity contribution in [2.75, 3.05) is 19.7 Å². The van der Waals surface area contributed by atoms with Crippen molar-refractivity contribution in [3.05, 3.63) is 22.5 Å². The van der Waals surface area contributed by atoms with E-state index in [9.17, 15) is 14.4 Å². The third-order valence-electron chi connectivity index (χ3n) is 4.49. The third kappa shape index (κ3) is 5.58. The largest absolute Gasteiger partial charge is 0.466 e. The van der Waals surface area contributed by atoms with Crippen molar-refractivity contribution in [1.29, 1.82) is 0 Å². The van der Waals surface area contributed by atoms with E-state index in [0.717, 1.165) is 12.1 Å². The van der Waals surface area contributed by atoms with Gasteiger partial charge in [-0.05, 0) is 39.2 Å². The Morgan fingerprint density at radius 3 is 2.50 bits per heavy atom. The summed E-state index contributed by atoms with van der Waals surface area (Å²) in [6, 6.07) is 0. The minimum atomic E-state index is -0.267. The van der Waals surface area contributed by atoms with Crippen molar-refractivity contribution >= 4 is 35.5 Å². The van der Waals surface area contributed by atoms with Gasteiger partial charge in [0.15, 0.2) is 0 Å². The first kappa shape index (κ1) is 21.9. The quantitative estimate of drug-likeness (QED) is 0.373. The van der Waals surface area contributed by atoms with E-state index < -0.39 is 0 Å². The lowest BCUT2D eigenvalue weighted by Gasteiger charge is -2.27. The molecule has 154 valence electrons. The number of aryl methyl sites for hydroxylation is 2. The van der Waals surface area contributed by atoms with Crippen LogP contribution in [0.4, 0.5) is 0 Å². The van der Waals surface area contributed by atoms with Gasteiger partial charge in [-0.25, -0.2) is 5.01 Å². The van der Waals surface area contributed by atoms with E-state index in [-0.39, 0.29) is 17.8 Å². The number of esters is 1. The molecule has 28 heavy (non-hydrogen) atoms. The Balaban J connectivity index is 1.88. The minimum absolute atomic E-state index is 0.112. The zero-order valence-corrected chi connectivity index (χ0v) is 17.4. The van der Waals surface area contributed by atoms with Crippen LogP contribution in [0.25, 0.3) is 6.08 Å². The number of hydrazine groups is 1. The molecule has 1 aromatic rings. The van der Waals surface area contributed by atoms with Gasteiger partial charge in [0.05, 0.1) is 12.3 Å². The van der Waals surface area contributed by atoms with Crippen LogP contribution >= 0.6 is 11.6 Å². The lowest BCUT2D eigenvalue weighted by molar-refractivity contribution is -0.154. The molecule has 1 fully saturated rings. The van der Waals surface area contributed by atoms with Crippen LogP contribution in [0.3, 0.4) is 0 Å². The molecule has 1 saturated heterocycles. The molecule has 1 aliphatic heterocycles. The standard InChI is InChI=1S/C19H27ClN4O4/c1-4-28-18(27)9-6-5-8-16(25)23-12-7-13-24(23)17(26)11-10-15-14(2)21-22(3)19(15)20/h10-11H,4-9,12-13H2,1-3H3. The summed E-state index contributed by atoms with van der Waals surface area (Å²) in [4.78, 5) is 36.4. The highest BCUT2D eigenvalue weighted by atomic mass is 35.5. The Morgan fingerprint density at radius 2 is 1.86 bits per heavy atom. The zero-order valence-electron chi connectivity index (χ0n) is 16.6. The summed E-state index contributed by atoms with van der Waals surface area (Å²) in [6.45, 7) is 4.96. The number of carbonyl (C=O) groups excluding carboxylic acids is 3. The predicted octanol–water partition coefficient (Wildman–Crippen LogP) is 2.49. The van der Waals surface area contributed by atoms with Gasteiger partial charge >= 0.3 is 5.97 Å². The van der Waals surface area contributed by atoms with Crippen molar-refractivity contribution in [3.8, 4) is 0 Å². The molecule has 0 radical (unpaired) electrons. The molecule has 0 aliphatic carbocycles. The summed E-state index contributed by atoms with van der Waals surface area (Å²) in [7, 11) is 1.73. The number of carbonyl (C=O) groups is 3. The van der Waals surface area contributed by atoms with E-state index in [0.29, 0.717) is 56.1 Å². The highest BCUT2D eigenvalue weighted by Gasteiger charge is 2.29. The third-order valence-corrected chi connectivity index (χ3v) is 4.94. The van der Waals surface area contributed by atoms with E-state index in [1.165, 1.54) is 16.1 Å². The fourth-order valence-corrected chi connectivity index (χ4v) is 3.32. The van der Waals surface area contributed by atoms with Gasteiger partial charge in [-0.15, -0.1) is 0 Å². The minimum Gasteiger partial charge on any atom is -0.466 e. The second-order valence-electron chi connectivity index (χ2n) is 6.59. The molecule has 0 saturated carbocycles. The molecule has 1 aliphatic rings. The Labute approximate surface area is 170 Å². The van der Waals surface area contributed by atoms with Crippen LogP contribution in [0.1, 0.15) is 50.3 Å². The summed E-state index contributed by atoms with van der Waals surface area (Å²) in [6.07, 6.45) is 5.55. The summed E-state index contributed by atoms with van der Waals surface area (Å²) in [5.41, 5.74) is 1.42. The number of ether oxygens (including phenoxy) is 1. The summed E-state index contributed by atoms with van der Waals surface area (Å²) < 4.78 is 6.41. The van der Waals surface area contributed by atoms with E-state index in [1.54, 1.807) is 24.7 Å². The number of nitrogens with zero attached hydrogens (tertiary/aromatic N) is 4.